The summed E-state index contributed by atoms with van der Waals surface area (Å²) in [7, 11) is 0. The molecule has 1 aliphatic carbocycles. The van der Waals surface area contributed by atoms with Crippen LogP contribution in [-0.4, -0.2) is 17.0 Å². The van der Waals surface area contributed by atoms with Gasteiger partial charge in [-0.3, -0.25) is 9.59 Å². The van der Waals surface area contributed by atoms with Gasteiger partial charge in [-0.1, -0.05) is 36.4 Å². The Hall–Kier alpha value is -2.82. The molecular weight excluding hydrogens is 318 g/mol. The summed E-state index contributed by atoms with van der Waals surface area (Å²) >= 11 is 0. The zero-order valence-electron chi connectivity index (χ0n) is 13.9. The number of rotatable bonds is 6. The highest BCUT2D eigenvalue weighted by molar-refractivity contribution is 5.80. The number of aliphatic carboxylic acids is 1. The molecule has 0 saturated heterocycles. The van der Waals surface area contributed by atoms with Crippen molar-refractivity contribution < 1.29 is 19.4 Å². The molecule has 0 aliphatic heterocycles. The average molecular weight is 339 g/mol. The van der Waals surface area contributed by atoms with Crippen LogP contribution in [0.4, 0.5) is 0 Å². The summed E-state index contributed by atoms with van der Waals surface area (Å²) in [4.78, 5) is 23.3. The van der Waals surface area contributed by atoms with E-state index in [0.717, 1.165) is 11.3 Å². The molecule has 1 aliphatic rings. The lowest BCUT2D eigenvalue weighted by molar-refractivity contribution is -0.141. The average Bonchev–Trinajstić information content (AvgIpc) is 3.12. The Morgan fingerprint density at radius 3 is 2.40 bits per heavy atom. The number of benzene rings is 2. The quantitative estimate of drug-likeness (QED) is 0.843. The third kappa shape index (κ3) is 4.38. The van der Waals surface area contributed by atoms with Crippen LogP contribution in [0.3, 0.4) is 0 Å². The summed E-state index contributed by atoms with van der Waals surface area (Å²) in [6.07, 6.45) is 1.62. The fourth-order valence-electron chi connectivity index (χ4n) is 3.14. The van der Waals surface area contributed by atoms with E-state index in [9.17, 15) is 9.59 Å². The van der Waals surface area contributed by atoms with Crippen LogP contribution in [0.15, 0.2) is 54.6 Å². The van der Waals surface area contributed by atoms with Gasteiger partial charge in [-0.15, -0.1) is 0 Å². The van der Waals surface area contributed by atoms with E-state index in [1.165, 1.54) is 0 Å². The molecule has 2 aromatic rings. The standard InChI is InChI=1S/C20H21NO4/c22-19(14-10-11-15(12-14)20(23)24)21-13-16-6-4-5-9-18(16)25-17-7-2-1-3-8-17/h1-9,14-15H,10-13H2,(H,21,22)(H,23,24)/t14-,15+/m0/s1. The van der Waals surface area contributed by atoms with E-state index in [0.29, 0.717) is 31.6 Å². The zero-order chi connectivity index (χ0) is 17.6. The molecule has 1 saturated carbocycles. The summed E-state index contributed by atoms with van der Waals surface area (Å²) in [5.74, 6) is -0.0758. The fourth-order valence-corrected chi connectivity index (χ4v) is 3.14. The maximum atomic E-state index is 12.3. The molecule has 1 fully saturated rings. The fraction of sp³-hybridized carbons (Fsp3) is 0.300. The Morgan fingerprint density at radius 2 is 1.68 bits per heavy atom. The van der Waals surface area contributed by atoms with Crippen LogP contribution in [0.5, 0.6) is 11.5 Å². The van der Waals surface area contributed by atoms with Crippen molar-refractivity contribution in [2.75, 3.05) is 0 Å². The van der Waals surface area contributed by atoms with Gasteiger partial charge in [-0.25, -0.2) is 0 Å². The van der Waals surface area contributed by atoms with Crippen molar-refractivity contribution in [2.45, 2.75) is 25.8 Å². The number of hydrogen-bond acceptors (Lipinski definition) is 3. The van der Waals surface area contributed by atoms with E-state index in [4.69, 9.17) is 9.84 Å². The van der Waals surface area contributed by atoms with E-state index < -0.39 is 11.9 Å². The maximum Gasteiger partial charge on any atom is 0.306 e. The van der Waals surface area contributed by atoms with Crippen LogP contribution in [0.1, 0.15) is 24.8 Å². The van der Waals surface area contributed by atoms with Crippen molar-refractivity contribution in [3.05, 3.63) is 60.2 Å². The van der Waals surface area contributed by atoms with E-state index in [1.807, 2.05) is 54.6 Å². The van der Waals surface area contributed by atoms with Gasteiger partial charge >= 0.3 is 5.97 Å². The Morgan fingerprint density at radius 1 is 1.00 bits per heavy atom. The van der Waals surface area contributed by atoms with Crippen LogP contribution in [0, 0.1) is 11.8 Å². The number of nitrogens with one attached hydrogen (secondary N) is 1. The number of hydrogen-bond donors (Lipinski definition) is 2. The second-order valence-corrected chi connectivity index (χ2v) is 6.29. The van der Waals surface area contributed by atoms with Gasteiger partial charge in [-0.2, -0.15) is 0 Å². The molecule has 130 valence electrons. The van der Waals surface area contributed by atoms with Gasteiger partial charge in [0.15, 0.2) is 0 Å². The summed E-state index contributed by atoms with van der Waals surface area (Å²) < 4.78 is 5.89. The Kier molecular flexibility index (Phi) is 5.33. The number of carboxylic acid groups (broad SMARTS) is 1. The Balaban J connectivity index is 1.60. The molecule has 0 radical (unpaired) electrons. The summed E-state index contributed by atoms with van der Waals surface area (Å²) in [5, 5.41) is 12.0. The zero-order valence-corrected chi connectivity index (χ0v) is 13.9. The van der Waals surface area contributed by atoms with E-state index >= 15 is 0 Å². The molecule has 0 bridgehead atoms. The third-order valence-corrected chi connectivity index (χ3v) is 4.55. The highest BCUT2D eigenvalue weighted by atomic mass is 16.5. The van der Waals surface area contributed by atoms with Crippen LogP contribution in [-0.2, 0) is 16.1 Å². The number of amides is 1. The first-order valence-electron chi connectivity index (χ1n) is 8.45. The van der Waals surface area contributed by atoms with Crippen molar-refractivity contribution in [1.29, 1.82) is 0 Å². The van der Waals surface area contributed by atoms with Crippen LogP contribution >= 0.6 is 0 Å². The van der Waals surface area contributed by atoms with Crippen LogP contribution < -0.4 is 10.1 Å². The molecule has 0 spiro atoms. The number of para-hydroxylation sites is 2. The molecule has 5 nitrogen and oxygen atoms in total. The van der Waals surface area contributed by atoms with E-state index in [1.54, 1.807) is 0 Å². The SMILES string of the molecule is O=C(O)[C@@H]1CC[C@H](C(=O)NCc2ccccc2Oc2ccccc2)C1. The molecule has 5 heteroatoms. The molecule has 2 atom stereocenters. The van der Waals surface area contributed by atoms with Gasteiger partial charge in [0, 0.05) is 18.0 Å². The first-order chi connectivity index (χ1) is 12.1. The molecule has 0 heterocycles. The predicted octanol–water partition coefficient (Wildman–Crippen LogP) is 3.60. The van der Waals surface area contributed by atoms with Crippen molar-refractivity contribution in [3.63, 3.8) is 0 Å². The van der Waals surface area contributed by atoms with Gasteiger partial charge in [-0.05, 0) is 37.5 Å². The van der Waals surface area contributed by atoms with Crippen molar-refractivity contribution in [1.82, 2.24) is 5.32 Å². The van der Waals surface area contributed by atoms with Gasteiger partial charge in [0.2, 0.25) is 5.91 Å². The largest absolute Gasteiger partial charge is 0.481 e. The first-order valence-corrected chi connectivity index (χ1v) is 8.45. The lowest BCUT2D eigenvalue weighted by atomic mass is 10.0. The molecule has 3 rings (SSSR count). The predicted molar refractivity (Wildman–Crippen MR) is 93.3 cm³/mol. The van der Waals surface area contributed by atoms with Gasteiger partial charge in [0.05, 0.1) is 5.92 Å². The second-order valence-electron chi connectivity index (χ2n) is 6.29. The number of ether oxygens (including phenoxy) is 1. The highest BCUT2D eigenvalue weighted by Crippen LogP contribution is 2.31. The lowest BCUT2D eigenvalue weighted by Crippen LogP contribution is -2.29. The number of carbonyl (C=O) groups excluding carboxylic acids is 1. The minimum absolute atomic E-state index is 0.0849. The van der Waals surface area contributed by atoms with Gasteiger partial charge < -0.3 is 15.2 Å². The molecule has 0 unspecified atom stereocenters. The van der Waals surface area contributed by atoms with E-state index in [2.05, 4.69) is 5.32 Å². The van der Waals surface area contributed by atoms with Gasteiger partial charge in [0.1, 0.15) is 11.5 Å². The Bertz CT molecular complexity index is 744. The van der Waals surface area contributed by atoms with Crippen LogP contribution in [0.2, 0.25) is 0 Å². The molecule has 2 aromatic carbocycles. The van der Waals surface area contributed by atoms with E-state index in [-0.39, 0.29) is 11.8 Å². The first kappa shape index (κ1) is 17.0. The molecule has 1 amide bonds. The Labute approximate surface area is 146 Å². The van der Waals surface area contributed by atoms with Crippen molar-refractivity contribution >= 4 is 11.9 Å². The maximum absolute atomic E-state index is 12.3. The highest BCUT2D eigenvalue weighted by Gasteiger charge is 2.33. The number of carboxylic acids is 1. The normalized spacial score (nSPS) is 19.4. The third-order valence-electron chi connectivity index (χ3n) is 4.55. The molecule has 0 aromatic heterocycles. The molecule has 2 N–H and O–H groups in total. The summed E-state index contributed by atoms with van der Waals surface area (Å²) in [5.41, 5.74) is 0.882. The lowest BCUT2D eigenvalue weighted by Gasteiger charge is -2.14. The van der Waals surface area contributed by atoms with Crippen molar-refractivity contribution in [2.24, 2.45) is 11.8 Å². The summed E-state index contributed by atoms with van der Waals surface area (Å²) in [6, 6.07) is 17.0. The smallest absolute Gasteiger partial charge is 0.306 e. The topological polar surface area (TPSA) is 75.6 Å². The minimum atomic E-state index is -0.808. The molecule has 25 heavy (non-hydrogen) atoms. The molecular formula is C20H21NO4. The number of carbonyl (C=O) groups is 2. The minimum Gasteiger partial charge on any atom is -0.481 e. The van der Waals surface area contributed by atoms with Crippen molar-refractivity contribution in [3.8, 4) is 11.5 Å². The second kappa shape index (κ2) is 7.83. The monoisotopic (exact) mass is 339 g/mol. The summed E-state index contributed by atoms with van der Waals surface area (Å²) in [6.45, 7) is 0.357. The van der Waals surface area contributed by atoms with Gasteiger partial charge in [0.25, 0.3) is 0 Å². The van der Waals surface area contributed by atoms with Crippen LogP contribution in [0.25, 0.3) is 0 Å².